The molecule has 0 radical (unpaired) electrons. The van der Waals surface area contributed by atoms with Crippen LogP contribution < -0.4 is 0 Å². The van der Waals surface area contributed by atoms with Gasteiger partial charge in [0.15, 0.2) is 5.78 Å². The quantitative estimate of drug-likeness (QED) is 0.566. The van der Waals surface area contributed by atoms with Crippen LogP contribution in [-0.2, 0) is 16.0 Å². The molecule has 7 nitrogen and oxygen atoms in total. The zero-order valence-electron chi connectivity index (χ0n) is 16.6. The summed E-state index contributed by atoms with van der Waals surface area (Å²) in [5.74, 6) is -1.89. The van der Waals surface area contributed by atoms with Crippen molar-refractivity contribution in [2.75, 3.05) is 6.61 Å². The molecule has 7 heteroatoms. The van der Waals surface area contributed by atoms with Gasteiger partial charge in [0.1, 0.15) is 23.5 Å². The monoisotopic (exact) mass is 404 g/mol. The van der Waals surface area contributed by atoms with Crippen LogP contribution in [0.15, 0.2) is 30.4 Å². The normalized spacial score (nSPS) is 28.2. The first-order valence-electron chi connectivity index (χ1n) is 9.67. The molecule has 0 saturated carbocycles. The van der Waals surface area contributed by atoms with E-state index in [0.29, 0.717) is 18.4 Å². The zero-order valence-corrected chi connectivity index (χ0v) is 16.6. The standard InChI is InChI=1S/C22H28O7/c1-13-8-9-18(25)21(27)17(24)7-3-6-16-11-15(5-4-10-23)12-19(26)20(16)22(28)29-14(13)2/h3,6,8-9,11-14,17,21,23-24,26-27H,4-5,7,10H2,1-2H3/b6-3+,9-8-/t13-,14+,17+,21+/m1/s1. The maximum Gasteiger partial charge on any atom is 0.342 e. The van der Waals surface area contributed by atoms with Gasteiger partial charge in [0.25, 0.3) is 0 Å². The van der Waals surface area contributed by atoms with Crippen molar-refractivity contribution in [1.29, 1.82) is 0 Å². The molecule has 0 aromatic heterocycles. The van der Waals surface area contributed by atoms with Gasteiger partial charge in [-0.15, -0.1) is 0 Å². The summed E-state index contributed by atoms with van der Waals surface area (Å²) < 4.78 is 5.47. The third-order valence-corrected chi connectivity index (χ3v) is 4.96. The number of fused-ring (bicyclic) bond motifs is 1. The molecule has 1 aromatic rings. The van der Waals surface area contributed by atoms with E-state index in [0.717, 1.165) is 5.56 Å². The summed E-state index contributed by atoms with van der Waals surface area (Å²) in [5.41, 5.74) is 1.12. The number of phenolic OH excluding ortho intramolecular Hbond substituents is 1. The fraction of sp³-hybridized carbons (Fsp3) is 0.455. The highest BCUT2D eigenvalue weighted by Crippen LogP contribution is 2.28. The number of phenols is 1. The fourth-order valence-electron chi connectivity index (χ4n) is 2.98. The number of rotatable bonds is 3. The van der Waals surface area contributed by atoms with Crippen molar-refractivity contribution in [3.8, 4) is 5.75 Å². The number of carbonyl (C=O) groups is 2. The Balaban J connectivity index is 2.47. The Morgan fingerprint density at radius 2 is 1.86 bits per heavy atom. The summed E-state index contributed by atoms with van der Waals surface area (Å²) in [6, 6.07) is 3.17. The van der Waals surface area contributed by atoms with Crippen LogP contribution in [0.3, 0.4) is 0 Å². The molecule has 4 atom stereocenters. The van der Waals surface area contributed by atoms with E-state index in [1.807, 2.05) is 0 Å². The Morgan fingerprint density at radius 1 is 1.14 bits per heavy atom. The molecule has 1 aromatic carbocycles. The Hall–Kier alpha value is -2.48. The van der Waals surface area contributed by atoms with Gasteiger partial charge in [0, 0.05) is 12.5 Å². The summed E-state index contributed by atoms with van der Waals surface area (Å²) in [6.07, 6.45) is 3.26. The van der Waals surface area contributed by atoms with Gasteiger partial charge in [0.05, 0.1) is 6.10 Å². The van der Waals surface area contributed by atoms with E-state index in [1.165, 1.54) is 30.4 Å². The third-order valence-electron chi connectivity index (χ3n) is 4.96. The lowest BCUT2D eigenvalue weighted by molar-refractivity contribution is -0.127. The van der Waals surface area contributed by atoms with Crippen LogP contribution >= 0.6 is 0 Å². The summed E-state index contributed by atoms with van der Waals surface area (Å²) >= 11 is 0. The first kappa shape index (κ1) is 22.8. The smallest absolute Gasteiger partial charge is 0.342 e. The number of aliphatic hydroxyl groups is 3. The largest absolute Gasteiger partial charge is 0.507 e. The molecule has 0 amide bonds. The molecule has 0 bridgehead atoms. The van der Waals surface area contributed by atoms with Crippen molar-refractivity contribution in [2.24, 2.45) is 5.92 Å². The lowest BCUT2D eigenvalue weighted by Crippen LogP contribution is -2.32. The van der Waals surface area contributed by atoms with E-state index in [4.69, 9.17) is 9.84 Å². The number of aliphatic hydroxyl groups excluding tert-OH is 3. The molecule has 0 spiro atoms. The van der Waals surface area contributed by atoms with Crippen LogP contribution in [0.5, 0.6) is 5.75 Å². The molecule has 4 N–H and O–H groups in total. The first-order valence-corrected chi connectivity index (χ1v) is 9.67. The summed E-state index contributed by atoms with van der Waals surface area (Å²) in [4.78, 5) is 24.7. The number of benzene rings is 1. The van der Waals surface area contributed by atoms with Gasteiger partial charge in [-0.25, -0.2) is 4.79 Å². The van der Waals surface area contributed by atoms with Crippen LogP contribution in [0.4, 0.5) is 0 Å². The van der Waals surface area contributed by atoms with E-state index < -0.39 is 30.1 Å². The summed E-state index contributed by atoms with van der Waals surface area (Å²) in [6.45, 7) is 3.41. The number of ketones is 1. The number of hydrogen-bond acceptors (Lipinski definition) is 7. The Labute approximate surface area is 169 Å². The van der Waals surface area contributed by atoms with Crippen molar-refractivity contribution in [3.05, 3.63) is 47.1 Å². The highest BCUT2D eigenvalue weighted by Gasteiger charge is 2.25. The summed E-state index contributed by atoms with van der Waals surface area (Å²) in [5, 5.41) is 39.6. The van der Waals surface area contributed by atoms with E-state index in [9.17, 15) is 24.9 Å². The number of aryl methyl sites for hydroxylation is 1. The van der Waals surface area contributed by atoms with Crippen LogP contribution in [0.2, 0.25) is 0 Å². The van der Waals surface area contributed by atoms with Gasteiger partial charge in [-0.1, -0.05) is 31.2 Å². The molecule has 1 heterocycles. The molecule has 2 rings (SSSR count). The number of cyclic esters (lactones) is 1. The highest BCUT2D eigenvalue weighted by molar-refractivity contribution is 5.97. The van der Waals surface area contributed by atoms with E-state index in [-0.39, 0.29) is 30.3 Å². The predicted octanol–water partition coefficient (Wildman–Crippen LogP) is 1.76. The molecule has 0 aliphatic carbocycles. The molecule has 1 aliphatic heterocycles. The molecular formula is C22H28O7. The second kappa shape index (κ2) is 10.3. The molecule has 1 aliphatic rings. The van der Waals surface area contributed by atoms with Gasteiger partial charge in [-0.2, -0.15) is 0 Å². The number of hydrogen-bond donors (Lipinski definition) is 4. The lowest BCUT2D eigenvalue weighted by Gasteiger charge is -2.20. The SMILES string of the molecule is C[C@@H]1/C=C\C(=O)[C@@H](O)[C@@H](O)C/C=C/c2cc(CCCO)cc(O)c2C(=O)O[C@H]1C. The number of ether oxygens (including phenoxy) is 1. The van der Waals surface area contributed by atoms with Crippen molar-refractivity contribution in [1.82, 2.24) is 0 Å². The predicted molar refractivity (Wildman–Crippen MR) is 107 cm³/mol. The van der Waals surface area contributed by atoms with Crippen molar-refractivity contribution >= 4 is 17.8 Å². The van der Waals surface area contributed by atoms with Crippen LogP contribution in [-0.4, -0.2) is 57.1 Å². The van der Waals surface area contributed by atoms with Gasteiger partial charge < -0.3 is 25.2 Å². The van der Waals surface area contributed by atoms with Crippen LogP contribution in [0, 0.1) is 5.92 Å². The van der Waals surface area contributed by atoms with Gasteiger partial charge in [-0.3, -0.25) is 4.79 Å². The van der Waals surface area contributed by atoms with Crippen molar-refractivity contribution in [3.63, 3.8) is 0 Å². The molecule has 0 saturated heterocycles. The topological polar surface area (TPSA) is 124 Å². The Morgan fingerprint density at radius 3 is 2.55 bits per heavy atom. The summed E-state index contributed by atoms with van der Waals surface area (Å²) in [7, 11) is 0. The highest BCUT2D eigenvalue weighted by atomic mass is 16.5. The van der Waals surface area contributed by atoms with Crippen molar-refractivity contribution in [2.45, 2.75) is 51.4 Å². The average Bonchev–Trinajstić information content (AvgIpc) is 2.68. The van der Waals surface area contributed by atoms with Gasteiger partial charge >= 0.3 is 5.97 Å². The fourth-order valence-corrected chi connectivity index (χ4v) is 2.98. The molecule has 0 fully saturated rings. The van der Waals surface area contributed by atoms with E-state index in [1.54, 1.807) is 19.9 Å². The minimum atomic E-state index is -1.56. The second-order valence-electron chi connectivity index (χ2n) is 7.29. The lowest BCUT2D eigenvalue weighted by atomic mass is 9.97. The molecular weight excluding hydrogens is 376 g/mol. The third kappa shape index (κ3) is 6.00. The second-order valence-corrected chi connectivity index (χ2v) is 7.29. The van der Waals surface area contributed by atoms with Gasteiger partial charge in [-0.05, 0) is 49.5 Å². The molecule has 0 unspecified atom stereocenters. The van der Waals surface area contributed by atoms with Crippen molar-refractivity contribution < 1.29 is 34.8 Å². The zero-order chi connectivity index (χ0) is 21.6. The average molecular weight is 404 g/mol. The number of aromatic hydroxyl groups is 1. The van der Waals surface area contributed by atoms with E-state index in [2.05, 4.69) is 0 Å². The van der Waals surface area contributed by atoms with Gasteiger partial charge in [0.2, 0.25) is 0 Å². The Bertz CT molecular complexity index is 797. The van der Waals surface area contributed by atoms with Crippen LogP contribution in [0.25, 0.3) is 6.08 Å². The maximum atomic E-state index is 12.7. The van der Waals surface area contributed by atoms with E-state index >= 15 is 0 Å². The molecule has 29 heavy (non-hydrogen) atoms. The number of esters is 1. The minimum absolute atomic E-state index is 0.000187. The van der Waals surface area contributed by atoms with Crippen LogP contribution in [0.1, 0.15) is 48.2 Å². The Kier molecular flexibility index (Phi) is 8.13. The minimum Gasteiger partial charge on any atom is -0.507 e. The maximum absolute atomic E-state index is 12.7. The molecule has 158 valence electrons. The number of carbonyl (C=O) groups excluding carboxylic acids is 2. The first-order chi connectivity index (χ1) is 13.7.